The standard InChI is InChI=1S/C30H35N3O3/c1-31-24(3-2-4-26(31)35)28(36)33-17-20-15-29-10-9-23(33)27(20)30(29)11-12-32(16-18-5-6-18)25(29)13-19-7-8-21(34)14-22(19)30/h2-4,7-8,14,18,20,23,25,27,34H,5-6,9-13,15-17H2,1H3/t20-,23-,25-,27-,29-,30+/m1/s1. The van der Waals surface area contributed by atoms with Gasteiger partial charge in [-0.25, -0.2) is 0 Å². The van der Waals surface area contributed by atoms with Gasteiger partial charge in [-0.2, -0.15) is 0 Å². The Kier molecular flexibility index (Phi) is 4.20. The molecule has 8 rings (SSSR count). The summed E-state index contributed by atoms with van der Waals surface area (Å²) in [4.78, 5) is 31.1. The van der Waals surface area contributed by atoms with Gasteiger partial charge in [0.1, 0.15) is 11.4 Å². The number of piperidine rings is 1. The summed E-state index contributed by atoms with van der Waals surface area (Å²) < 4.78 is 1.50. The zero-order valence-corrected chi connectivity index (χ0v) is 21.0. The molecule has 3 heterocycles. The molecule has 36 heavy (non-hydrogen) atoms. The SMILES string of the molecule is Cn1c(C(=O)N2C[C@H]3C[C@@]45CC[C@@H]2[C@@H]3[C@@]42CCN(CC3CC3)[C@@H]5Cc3ccc(O)cc32)cccc1=O. The van der Waals surface area contributed by atoms with Crippen molar-refractivity contribution >= 4 is 5.91 Å². The van der Waals surface area contributed by atoms with Crippen molar-refractivity contribution in [2.24, 2.45) is 30.2 Å². The number of hydrogen-bond acceptors (Lipinski definition) is 4. The number of hydrogen-bond donors (Lipinski definition) is 1. The van der Waals surface area contributed by atoms with Crippen LogP contribution in [0.4, 0.5) is 0 Å². The number of phenols is 1. The van der Waals surface area contributed by atoms with Gasteiger partial charge in [0, 0.05) is 43.7 Å². The number of pyridine rings is 1. The van der Waals surface area contributed by atoms with Crippen molar-refractivity contribution in [2.75, 3.05) is 19.6 Å². The lowest BCUT2D eigenvalue weighted by Gasteiger charge is -2.66. The largest absolute Gasteiger partial charge is 0.508 e. The van der Waals surface area contributed by atoms with E-state index in [0.717, 1.165) is 44.7 Å². The molecule has 6 nitrogen and oxygen atoms in total. The number of benzene rings is 1. The van der Waals surface area contributed by atoms with Gasteiger partial charge in [0.2, 0.25) is 0 Å². The Bertz CT molecular complexity index is 1350. The highest BCUT2D eigenvalue weighted by Crippen LogP contribution is 2.75. The Balaban J connectivity index is 1.25. The Morgan fingerprint density at radius 3 is 2.83 bits per heavy atom. The first-order chi connectivity index (χ1) is 17.4. The minimum absolute atomic E-state index is 0.00756. The number of carbonyl (C=O) groups is 1. The predicted molar refractivity (Wildman–Crippen MR) is 136 cm³/mol. The molecule has 4 bridgehead atoms. The molecule has 0 spiro atoms. The molecule has 2 saturated heterocycles. The number of fused-ring (bicyclic) bond motifs is 1. The van der Waals surface area contributed by atoms with Crippen LogP contribution in [-0.2, 0) is 18.9 Å². The van der Waals surface area contributed by atoms with Crippen LogP contribution >= 0.6 is 0 Å². The summed E-state index contributed by atoms with van der Waals surface area (Å²) in [6, 6.07) is 12.0. The van der Waals surface area contributed by atoms with Gasteiger partial charge in [0.25, 0.3) is 11.5 Å². The van der Waals surface area contributed by atoms with Gasteiger partial charge < -0.3 is 14.6 Å². The molecule has 1 N–H and O–H groups in total. The molecule has 1 aromatic carbocycles. The van der Waals surface area contributed by atoms with Crippen molar-refractivity contribution in [3.05, 3.63) is 63.6 Å². The molecule has 4 aliphatic carbocycles. The highest BCUT2D eigenvalue weighted by Gasteiger charge is 2.76. The minimum atomic E-state index is -0.135. The summed E-state index contributed by atoms with van der Waals surface area (Å²) in [7, 11) is 1.71. The van der Waals surface area contributed by atoms with E-state index in [1.807, 2.05) is 6.07 Å². The summed E-state index contributed by atoms with van der Waals surface area (Å²) >= 11 is 0. The van der Waals surface area contributed by atoms with Crippen LogP contribution in [0.1, 0.15) is 60.1 Å². The second kappa shape index (κ2) is 7.03. The molecule has 6 atom stereocenters. The molecular weight excluding hydrogens is 450 g/mol. The molecule has 6 heteroatoms. The van der Waals surface area contributed by atoms with E-state index in [0.29, 0.717) is 29.3 Å². The van der Waals surface area contributed by atoms with Gasteiger partial charge in [-0.1, -0.05) is 12.1 Å². The summed E-state index contributed by atoms with van der Waals surface area (Å²) in [6.45, 7) is 3.18. The molecule has 188 valence electrons. The number of rotatable bonds is 3. The number of likely N-dealkylation sites (tertiary alicyclic amines) is 2. The average molecular weight is 486 g/mol. The van der Waals surface area contributed by atoms with Crippen molar-refractivity contribution in [3.8, 4) is 5.75 Å². The van der Waals surface area contributed by atoms with E-state index in [1.54, 1.807) is 19.2 Å². The molecule has 2 aromatic rings. The van der Waals surface area contributed by atoms with E-state index in [1.165, 1.54) is 47.6 Å². The van der Waals surface area contributed by atoms with Gasteiger partial charge in [0.15, 0.2) is 0 Å². The average Bonchev–Trinajstić information content (AvgIpc) is 3.56. The maximum atomic E-state index is 13.9. The van der Waals surface area contributed by atoms with Crippen LogP contribution in [0.5, 0.6) is 5.75 Å². The number of phenolic OH excluding ortho intramolecular Hbond substituents is 1. The number of aromatic hydroxyl groups is 1. The van der Waals surface area contributed by atoms with Crippen LogP contribution in [0.3, 0.4) is 0 Å². The fourth-order valence-electron chi connectivity index (χ4n) is 10.1. The van der Waals surface area contributed by atoms with E-state index in [4.69, 9.17) is 0 Å². The molecule has 5 fully saturated rings. The monoisotopic (exact) mass is 485 g/mol. The molecule has 2 aliphatic heterocycles. The number of nitrogens with zero attached hydrogens (tertiary/aromatic N) is 3. The van der Waals surface area contributed by atoms with Crippen molar-refractivity contribution in [2.45, 2.75) is 62.4 Å². The normalized spacial score (nSPS) is 38.1. The highest BCUT2D eigenvalue weighted by atomic mass is 16.3. The molecule has 0 radical (unpaired) electrons. The van der Waals surface area contributed by atoms with Crippen molar-refractivity contribution < 1.29 is 9.90 Å². The Morgan fingerprint density at radius 2 is 2.00 bits per heavy atom. The minimum Gasteiger partial charge on any atom is -0.508 e. The van der Waals surface area contributed by atoms with Crippen molar-refractivity contribution in [1.82, 2.24) is 14.4 Å². The molecule has 0 unspecified atom stereocenters. The maximum absolute atomic E-state index is 13.9. The fraction of sp³-hybridized carbons (Fsp3) is 0.600. The van der Waals surface area contributed by atoms with E-state index >= 15 is 0 Å². The second-order valence-electron chi connectivity index (χ2n) is 12.7. The van der Waals surface area contributed by atoms with Gasteiger partial charge in [-0.15, -0.1) is 0 Å². The first-order valence-electron chi connectivity index (χ1n) is 14.0. The third kappa shape index (κ3) is 2.52. The Labute approximate surface area is 211 Å². The lowest BCUT2D eigenvalue weighted by atomic mass is 9.43. The summed E-state index contributed by atoms with van der Waals surface area (Å²) in [6.07, 6.45) is 8.41. The molecule has 3 saturated carbocycles. The van der Waals surface area contributed by atoms with E-state index in [9.17, 15) is 14.7 Å². The first kappa shape index (κ1) is 21.5. The summed E-state index contributed by atoms with van der Waals surface area (Å²) in [5.74, 6) is 2.19. The third-order valence-electron chi connectivity index (χ3n) is 11.4. The van der Waals surface area contributed by atoms with E-state index in [2.05, 4.69) is 21.9 Å². The molecule has 6 aliphatic rings. The smallest absolute Gasteiger partial charge is 0.270 e. The van der Waals surface area contributed by atoms with Crippen molar-refractivity contribution in [1.29, 1.82) is 0 Å². The third-order valence-corrected chi connectivity index (χ3v) is 11.4. The van der Waals surface area contributed by atoms with Crippen LogP contribution in [0, 0.1) is 23.2 Å². The Hall–Kier alpha value is -2.60. The fourth-order valence-corrected chi connectivity index (χ4v) is 10.1. The zero-order valence-electron chi connectivity index (χ0n) is 21.0. The first-order valence-corrected chi connectivity index (χ1v) is 14.0. The number of aromatic nitrogens is 1. The lowest BCUT2D eigenvalue weighted by Crippen LogP contribution is -2.70. The molecular formula is C30H35N3O3. The predicted octanol–water partition coefficient (Wildman–Crippen LogP) is 3.31. The number of carbonyl (C=O) groups excluding carboxylic acids is 1. The zero-order chi connectivity index (χ0) is 24.4. The van der Waals surface area contributed by atoms with Crippen molar-refractivity contribution in [3.63, 3.8) is 0 Å². The van der Waals surface area contributed by atoms with Crippen LogP contribution in [0.25, 0.3) is 0 Å². The lowest BCUT2D eigenvalue weighted by molar-refractivity contribution is -0.102. The Morgan fingerprint density at radius 1 is 1.14 bits per heavy atom. The highest BCUT2D eigenvalue weighted by molar-refractivity contribution is 5.93. The summed E-state index contributed by atoms with van der Waals surface area (Å²) in [5.41, 5.74) is 3.46. The molecule has 1 aromatic heterocycles. The second-order valence-corrected chi connectivity index (χ2v) is 12.7. The van der Waals surface area contributed by atoms with Gasteiger partial charge in [-0.05, 0) is 104 Å². The van der Waals surface area contributed by atoms with Gasteiger partial charge in [-0.3, -0.25) is 14.5 Å². The van der Waals surface area contributed by atoms with E-state index < -0.39 is 0 Å². The quantitative estimate of drug-likeness (QED) is 0.725. The van der Waals surface area contributed by atoms with Crippen LogP contribution in [0.15, 0.2) is 41.2 Å². The van der Waals surface area contributed by atoms with Gasteiger partial charge >= 0.3 is 0 Å². The molecule has 1 amide bonds. The number of amides is 1. The van der Waals surface area contributed by atoms with E-state index in [-0.39, 0.29) is 28.3 Å². The summed E-state index contributed by atoms with van der Waals surface area (Å²) in [5, 5.41) is 10.6. The van der Waals surface area contributed by atoms with Crippen LogP contribution in [-0.4, -0.2) is 57.1 Å². The van der Waals surface area contributed by atoms with Gasteiger partial charge in [0.05, 0.1) is 0 Å². The topological polar surface area (TPSA) is 65.8 Å². The maximum Gasteiger partial charge on any atom is 0.270 e. The van der Waals surface area contributed by atoms with Crippen LogP contribution < -0.4 is 5.56 Å². The van der Waals surface area contributed by atoms with Crippen LogP contribution in [0.2, 0.25) is 0 Å².